The molecule has 1 amide bonds. The molecule has 0 aromatic carbocycles. The molecule has 2 aromatic heterocycles. The molecule has 1 N–H and O–H groups in total. The van der Waals surface area contributed by atoms with Crippen molar-refractivity contribution in [3.63, 3.8) is 0 Å². The summed E-state index contributed by atoms with van der Waals surface area (Å²) >= 11 is 0. The molecular formula is C19H28N4O3. The van der Waals surface area contributed by atoms with E-state index in [0.29, 0.717) is 23.8 Å². The predicted octanol–water partition coefficient (Wildman–Crippen LogP) is 3.02. The number of nitrogens with zero attached hydrogens (tertiary/aromatic N) is 3. The molecule has 7 nitrogen and oxygen atoms in total. The van der Waals surface area contributed by atoms with Gasteiger partial charge in [-0.15, -0.1) is 0 Å². The molecule has 1 aliphatic heterocycles. The molecule has 7 heteroatoms. The molecule has 1 aliphatic rings. The van der Waals surface area contributed by atoms with Crippen LogP contribution in [0.3, 0.4) is 0 Å². The van der Waals surface area contributed by atoms with Crippen molar-refractivity contribution < 1.29 is 13.7 Å². The van der Waals surface area contributed by atoms with Crippen LogP contribution in [0.1, 0.15) is 66.2 Å². The number of furan rings is 1. The lowest BCUT2D eigenvalue weighted by Crippen LogP contribution is -2.44. The number of carbonyl (C=O) groups is 1. The zero-order valence-electron chi connectivity index (χ0n) is 15.9. The summed E-state index contributed by atoms with van der Waals surface area (Å²) < 4.78 is 10.8. The van der Waals surface area contributed by atoms with Crippen molar-refractivity contribution in [2.45, 2.75) is 65.5 Å². The van der Waals surface area contributed by atoms with Gasteiger partial charge in [-0.05, 0) is 39.2 Å². The van der Waals surface area contributed by atoms with Gasteiger partial charge in [0.15, 0.2) is 5.82 Å². The van der Waals surface area contributed by atoms with Gasteiger partial charge in [0.1, 0.15) is 11.5 Å². The minimum absolute atomic E-state index is 0.0460. The van der Waals surface area contributed by atoms with Crippen molar-refractivity contribution >= 4 is 5.91 Å². The third-order valence-electron chi connectivity index (χ3n) is 4.83. The van der Waals surface area contributed by atoms with Crippen LogP contribution in [0.4, 0.5) is 0 Å². The number of piperidine rings is 1. The molecule has 26 heavy (non-hydrogen) atoms. The lowest BCUT2D eigenvalue weighted by Gasteiger charge is -2.31. The number of hydrogen-bond donors (Lipinski definition) is 1. The summed E-state index contributed by atoms with van der Waals surface area (Å²) in [6.45, 7) is 8.32. The third kappa shape index (κ3) is 4.72. The highest BCUT2D eigenvalue weighted by Crippen LogP contribution is 2.17. The standard InChI is InChI=1S/C19H28N4O3/c1-4-5-6-17-21-18(26-22-17)12-23-9-7-15(8-10-23)20-19(24)16-11-13(2)25-14(16)3/h11,15H,4-10,12H2,1-3H3,(H,20,24). The van der Waals surface area contributed by atoms with Gasteiger partial charge in [-0.1, -0.05) is 18.5 Å². The number of aryl methyl sites for hydroxylation is 3. The SMILES string of the molecule is CCCCc1noc(CN2CCC(NC(=O)c3cc(C)oc3C)CC2)n1. The number of amides is 1. The molecule has 2 aromatic rings. The van der Waals surface area contributed by atoms with E-state index < -0.39 is 0 Å². The molecule has 0 atom stereocenters. The molecule has 0 bridgehead atoms. The Bertz CT molecular complexity index is 729. The maximum absolute atomic E-state index is 12.4. The Morgan fingerprint density at radius 2 is 2.12 bits per heavy atom. The van der Waals surface area contributed by atoms with Gasteiger partial charge >= 0.3 is 0 Å². The first kappa shape index (κ1) is 18.6. The van der Waals surface area contributed by atoms with Crippen LogP contribution in [-0.4, -0.2) is 40.1 Å². The van der Waals surface area contributed by atoms with Gasteiger partial charge in [-0.2, -0.15) is 4.98 Å². The van der Waals surface area contributed by atoms with Crippen molar-refractivity contribution in [1.29, 1.82) is 0 Å². The van der Waals surface area contributed by atoms with Crippen LogP contribution in [0.15, 0.2) is 15.0 Å². The summed E-state index contributed by atoms with van der Waals surface area (Å²) in [6, 6.07) is 1.99. The Morgan fingerprint density at radius 1 is 1.35 bits per heavy atom. The highest BCUT2D eigenvalue weighted by atomic mass is 16.5. The van der Waals surface area contributed by atoms with Gasteiger partial charge in [-0.25, -0.2) is 0 Å². The van der Waals surface area contributed by atoms with Gasteiger partial charge in [0.25, 0.3) is 5.91 Å². The third-order valence-corrected chi connectivity index (χ3v) is 4.83. The maximum Gasteiger partial charge on any atom is 0.255 e. The first-order chi connectivity index (χ1) is 12.5. The minimum Gasteiger partial charge on any atom is -0.466 e. The number of nitrogens with one attached hydrogen (secondary N) is 1. The van der Waals surface area contributed by atoms with E-state index in [2.05, 4.69) is 27.3 Å². The fourth-order valence-corrected chi connectivity index (χ4v) is 3.34. The van der Waals surface area contributed by atoms with Crippen molar-refractivity contribution in [2.24, 2.45) is 0 Å². The summed E-state index contributed by atoms with van der Waals surface area (Å²) in [5.41, 5.74) is 0.635. The van der Waals surface area contributed by atoms with E-state index in [-0.39, 0.29) is 11.9 Å². The first-order valence-electron chi connectivity index (χ1n) is 9.47. The lowest BCUT2D eigenvalue weighted by atomic mass is 10.0. The van der Waals surface area contributed by atoms with Crippen LogP contribution >= 0.6 is 0 Å². The largest absolute Gasteiger partial charge is 0.466 e. The molecule has 1 fully saturated rings. The Hall–Kier alpha value is -2.15. The normalized spacial score (nSPS) is 16.1. The van der Waals surface area contributed by atoms with Crippen LogP contribution in [0.25, 0.3) is 0 Å². The average molecular weight is 360 g/mol. The van der Waals surface area contributed by atoms with Crippen molar-refractivity contribution in [3.05, 3.63) is 34.9 Å². The van der Waals surface area contributed by atoms with Crippen LogP contribution in [0, 0.1) is 13.8 Å². The van der Waals surface area contributed by atoms with Crippen LogP contribution in [-0.2, 0) is 13.0 Å². The second-order valence-corrected chi connectivity index (χ2v) is 7.06. The molecule has 3 rings (SSSR count). The van der Waals surface area contributed by atoms with E-state index >= 15 is 0 Å². The highest BCUT2D eigenvalue weighted by molar-refractivity contribution is 5.95. The second kappa shape index (κ2) is 8.49. The minimum atomic E-state index is -0.0460. The van der Waals surface area contributed by atoms with Crippen molar-refractivity contribution in [2.75, 3.05) is 13.1 Å². The van der Waals surface area contributed by atoms with Crippen LogP contribution in [0.5, 0.6) is 0 Å². The van der Waals surface area contributed by atoms with E-state index in [0.717, 1.165) is 56.8 Å². The van der Waals surface area contributed by atoms with Gasteiger partial charge in [0.05, 0.1) is 12.1 Å². The molecule has 0 saturated carbocycles. The van der Waals surface area contributed by atoms with Crippen molar-refractivity contribution in [1.82, 2.24) is 20.4 Å². The maximum atomic E-state index is 12.4. The van der Waals surface area contributed by atoms with Gasteiger partial charge in [0, 0.05) is 25.6 Å². The van der Waals surface area contributed by atoms with E-state index in [1.807, 2.05) is 13.8 Å². The van der Waals surface area contributed by atoms with E-state index in [1.165, 1.54) is 0 Å². The van der Waals surface area contributed by atoms with Gasteiger partial charge in [-0.3, -0.25) is 9.69 Å². The topological polar surface area (TPSA) is 84.4 Å². The fraction of sp³-hybridized carbons (Fsp3) is 0.632. The number of hydrogen-bond acceptors (Lipinski definition) is 6. The van der Waals surface area contributed by atoms with E-state index in [4.69, 9.17) is 8.94 Å². The first-order valence-corrected chi connectivity index (χ1v) is 9.47. The fourth-order valence-electron chi connectivity index (χ4n) is 3.34. The molecule has 3 heterocycles. The van der Waals surface area contributed by atoms with E-state index in [9.17, 15) is 4.79 Å². The molecule has 142 valence electrons. The Labute approximate surface area is 154 Å². The van der Waals surface area contributed by atoms with Crippen LogP contribution in [0.2, 0.25) is 0 Å². The summed E-state index contributed by atoms with van der Waals surface area (Å²) in [7, 11) is 0. The van der Waals surface area contributed by atoms with E-state index in [1.54, 1.807) is 6.07 Å². The number of aromatic nitrogens is 2. The number of carbonyl (C=O) groups excluding carboxylic acids is 1. The molecule has 1 saturated heterocycles. The monoisotopic (exact) mass is 360 g/mol. The molecule has 0 radical (unpaired) electrons. The Kier molecular flexibility index (Phi) is 6.08. The molecule has 0 spiro atoms. The molecular weight excluding hydrogens is 332 g/mol. The zero-order chi connectivity index (χ0) is 18.5. The zero-order valence-corrected chi connectivity index (χ0v) is 15.9. The highest BCUT2D eigenvalue weighted by Gasteiger charge is 2.24. The summed E-state index contributed by atoms with van der Waals surface area (Å²) in [5, 5.41) is 7.16. The predicted molar refractivity (Wildman–Crippen MR) is 96.9 cm³/mol. The molecule has 0 unspecified atom stereocenters. The second-order valence-electron chi connectivity index (χ2n) is 7.06. The quantitative estimate of drug-likeness (QED) is 0.817. The Balaban J connectivity index is 1.44. The van der Waals surface area contributed by atoms with Gasteiger partial charge < -0.3 is 14.3 Å². The van der Waals surface area contributed by atoms with Crippen LogP contribution < -0.4 is 5.32 Å². The summed E-state index contributed by atoms with van der Waals surface area (Å²) in [4.78, 5) is 19.2. The average Bonchev–Trinajstić information content (AvgIpc) is 3.20. The number of rotatable bonds is 7. The smallest absolute Gasteiger partial charge is 0.255 e. The number of likely N-dealkylation sites (tertiary alicyclic amines) is 1. The number of unbranched alkanes of at least 4 members (excludes halogenated alkanes) is 1. The lowest BCUT2D eigenvalue weighted by molar-refractivity contribution is 0.0903. The summed E-state index contributed by atoms with van der Waals surface area (Å²) in [5.74, 6) is 2.88. The molecule has 0 aliphatic carbocycles. The van der Waals surface area contributed by atoms with Gasteiger partial charge in [0.2, 0.25) is 5.89 Å². The van der Waals surface area contributed by atoms with Crippen molar-refractivity contribution in [3.8, 4) is 0 Å². The summed E-state index contributed by atoms with van der Waals surface area (Å²) in [6.07, 6.45) is 4.92. The Morgan fingerprint density at radius 3 is 2.77 bits per heavy atom.